The van der Waals surface area contributed by atoms with E-state index in [9.17, 15) is 15.3 Å². The second kappa shape index (κ2) is 8.26. The van der Waals surface area contributed by atoms with Crippen LogP contribution in [-0.2, 0) is 5.75 Å². The molecule has 0 saturated carbocycles. The van der Waals surface area contributed by atoms with E-state index < -0.39 is 5.91 Å². The summed E-state index contributed by atoms with van der Waals surface area (Å²) in [4.78, 5) is 15.6. The number of pyridine rings is 1. The zero-order chi connectivity index (χ0) is 20.1. The average Bonchev–Trinajstić information content (AvgIpc) is 2.72. The van der Waals surface area contributed by atoms with Crippen LogP contribution >= 0.6 is 11.8 Å². The fraction of sp³-hybridized carbons (Fsp3) is 0.0476. The Hall–Kier alpha value is -3.81. The fourth-order valence-corrected chi connectivity index (χ4v) is 3.70. The number of hydrogen-bond acceptors (Lipinski definition) is 6. The minimum Gasteiger partial charge on any atom is -0.383 e. The Balaban J connectivity index is 2.04. The highest BCUT2D eigenvalue weighted by atomic mass is 32.2. The van der Waals surface area contributed by atoms with Gasteiger partial charge in [-0.15, -0.1) is 11.8 Å². The number of aromatic nitrogens is 1. The third-order valence-electron chi connectivity index (χ3n) is 4.07. The number of benzene rings is 2. The Kier molecular flexibility index (Phi) is 5.59. The maximum absolute atomic E-state index is 11.4. The number of anilines is 1. The van der Waals surface area contributed by atoms with Gasteiger partial charge in [-0.2, -0.15) is 10.5 Å². The highest BCUT2D eigenvalue weighted by Gasteiger charge is 2.20. The third-order valence-corrected chi connectivity index (χ3v) is 5.11. The van der Waals surface area contributed by atoms with E-state index in [0.29, 0.717) is 27.5 Å². The number of carbonyl (C=O) groups excluding carboxylic acids is 1. The minimum atomic E-state index is -0.503. The molecule has 0 aliphatic heterocycles. The monoisotopic (exact) mass is 385 g/mol. The van der Waals surface area contributed by atoms with Crippen LogP contribution in [-0.4, -0.2) is 10.9 Å². The van der Waals surface area contributed by atoms with Crippen LogP contribution in [0.25, 0.3) is 11.1 Å². The van der Waals surface area contributed by atoms with Crippen LogP contribution in [0.4, 0.5) is 5.82 Å². The lowest BCUT2D eigenvalue weighted by Gasteiger charge is -2.13. The van der Waals surface area contributed by atoms with Crippen molar-refractivity contribution in [2.75, 3.05) is 5.73 Å². The van der Waals surface area contributed by atoms with Crippen LogP contribution in [0.15, 0.2) is 59.6 Å². The van der Waals surface area contributed by atoms with Crippen LogP contribution in [0, 0.1) is 22.7 Å². The average molecular weight is 385 g/mol. The predicted octanol–water partition coefficient (Wildman–Crippen LogP) is 3.47. The molecule has 3 aromatic rings. The van der Waals surface area contributed by atoms with E-state index in [1.54, 1.807) is 18.2 Å². The van der Waals surface area contributed by atoms with Crippen LogP contribution in [0.1, 0.15) is 27.0 Å². The molecule has 6 nitrogen and oxygen atoms in total. The lowest BCUT2D eigenvalue weighted by molar-refractivity contribution is 0.1000. The molecule has 0 saturated heterocycles. The topological polar surface area (TPSA) is 130 Å². The van der Waals surface area contributed by atoms with Gasteiger partial charge in [-0.05, 0) is 23.3 Å². The van der Waals surface area contributed by atoms with Gasteiger partial charge < -0.3 is 11.5 Å². The molecular formula is C21H15N5OS. The summed E-state index contributed by atoms with van der Waals surface area (Å²) < 4.78 is 0. The molecule has 1 heterocycles. The van der Waals surface area contributed by atoms with Gasteiger partial charge in [0.2, 0.25) is 5.91 Å². The van der Waals surface area contributed by atoms with E-state index >= 15 is 0 Å². The number of hydrogen-bond donors (Lipinski definition) is 2. The summed E-state index contributed by atoms with van der Waals surface area (Å²) in [6.07, 6.45) is 0. The van der Waals surface area contributed by atoms with E-state index in [-0.39, 0.29) is 11.4 Å². The number of amides is 1. The molecule has 0 aliphatic rings. The molecule has 3 rings (SSSR count). The van der Waals surface area contributed by atoms with Gasteiger partial charge in [0.05, 0.1) is 5.56 Å². The van der Waals surface area contributed by atoms with Crippen molar-refractivity contribution < 1.29 is 4.79 Å². The molecule has 4 N–H and O–H groups in total. The van der Waals surface area contributed by atoms with Crippen molar-refractivity contribution in [1.82, 2.24) is 4.98 Å². The molecule has 1 amide bonds. The van der Waals surface area contributed by atoms with Crippen molar-refractivity contribution in [2.45, 2.75) is 10.8 Å². The maximum atomic E-state index is 11.4. The molecule has 0 atom stereocenters. The fourth-order valence-electron chi connectivity index (χ4n) is 2.76. The Morgan fingerprint density at radius 3 is 2.39 bits per heavy atom. The molecule has 0 bridgehead atoms. The highest BCUT2D eigenvalue weighted by Crippen LogP contribution is 2.36. The van der Waals surface area contributed by atoms with Crippen LogP contribution in [0.2, 0.25) is 0 Å². The molecular weight excluding hydrogens is 370 g/mol. The molecule has 2 aromatic carbocycles. The van der Waals surface area contributed by atoms with E-state index in [0.717, 1.165) is 11.1 Å². The largest absolute Gasteiger partial charge is 0.383 e. The van der Waals surface area contributed by atoms with Crippen LogP contribution in [0.3, 0.4) is 0 Å². The normalized spacial score (nSPS) is 10.1. The number of carbonyl (C=O) groups is 1. The van der Waals surface area contributed by atoms with Gasteiger partial charge in [-0.25, -0.2) is 4.98 Å². The number of primary amides is 1. The van der Waals surface area contributed by atoms with Crippen molar-refractivity contribution in [3.63, 3.8) is 0 Å². The first kappa shape index (κ1) is 19.0. The number of nitrogen functional groups attached to an aromatic ring is 1. The molecule has 0 fully saturated rings. The first-order valence-corrected chi connectivity index (χ1v) is 9.24. The summed E-state index contributed by atoms with van der Waals surface area (Å²) in [6, 6.07) is 20.3. The molecule has 0 aliphatic carbocycles. The summed E-state index contributed by atoms with van der Waals surface area (Å²) in [5, 5.41) is 19.7. The Morgan fingerprint density at radius 1 is 1.04 bits per heavy atom. The molecule has 0 unspecified atom stereocenters. The van der Waals surface area contributed by atoms with Crippen LogP contribution < -0.4 is 11.5 Å². The number of nitriles is 2. The van der Waals surface area contributed by atoms with Crippen molar-refractivity contribution >= 4 is 23.5 Å². The number of nitrogens with zero attached hydrogens (tertiary/aromatic N) is 3. The van der Waals surface area contributed by atoms with Gasteiger partial charge >= 0.3 is 0 Å². The smallest absolute Gasteiger partial charge is 0.248 e. The Labute approximate surface area is 166 Å². The van der Waals surface area contributed by atoms with Crippen molar-refractivity contribution in [3.05, 3.63) is 76.9 Å². The molecule has 28 heavy (non-hydrogen) atoms. The van der Waals surface area contributed by atoms with Gasteiger partial charge in [0.1, 0.15) is 28.5 Å². The lowest BCUT2D eigenvalue weighted by atomic mass is 9.97. The quantitative estimate of drug-likeness (QED) is 0.647. The van der Waals surface area contributed by atoms with Crippen molar-refractivity contribution in [3.8, 4) is 23.3 Å². The third kappa shape index (κ3) is 3.80. The summed E-state index contributed by atoms with van der Waals surface area (Å²) in [5.41, 5.74) is 14.3. The van der Waals surface area contributed by atoms with E-state index in [1.165, 1.54) is 11.8 Å². The van der Waals surface area contributed by atoms with E-state index in [4.69, 9.17) is 11.5 Å². The second-order valence-corrected chi connectivity index (χ2v) is 6.83. The van der Waals surface area contributed by atoms with Gasteiger partial charge in [-0.3, -0.25) is 4.79 Å². The summed E-state index contributed by atoms with van der Waals surface area (Å²) in [5.74, 6) is 0.0351. The number of nitrogens with two attached hydrogens (primary N) is 2. The van der Waals surface area contributed by atoms with Gasteiger partial charge in [0.15, 0.2) is 0 Å². The molecule has 1 aromatic heterocycles. The lowest BCUT2D eigenvalue weighted by Crippen LogP contribution is -2.10. The van der Waals surface area contributed by atoms with Gasteiger partial charge in [0.25, 0.3) is 0 Å². The second-order valence-electron chi connectivity index (χ2n) is 5.87. The van der Waals surface area contributed by atoms with Gasteiger partial charge in [0, 0.05) is 16.9 Å². The van der Waals surface area contributed by atoms with E-state index in [1.807, 2.05) is 36.4 Å². The first-order valence-electron chi connectivity index (χ1n) is 8.25. The Bertz CT molecular complexity index is 1130. The van der Waals surface area contributed by atoms with Crippen molar-refractivity contribution in [1.29, 1.82) is 10.5 Å². The van der Waals surface area contributed by atoms with Crippen LogP contribution in [0.5, 0.6) is 0 Å². The molecule has 0 spiro atoms. The minimum absolute atomic E-state index is 0.0775. The number of thioether (sulfide) groups is 1. The molecule has 0 radical (unpaired) electrons. The standard InChI is InChI=1S/C21H15N5OS/c22-10-16-18(14-6-2-1-3-7-14)17(11-23)21(26-19(16)24)28-12-13-5-4-8-15(9-13)20(25)27/h1-9H,12H2,(H2,24,26)(H2,25,27). The predicted molar refractivity (Wildman–Crippen MR) is 108 cm³/mol. The van der Waals surface area contributed by atoms with Crippen molar-refractivity contribution in [2.24, 2.45) is 5.73 Å². The summed E-state index contributed by atoms with van der Waals surface area (Å²) in [6.45, 7) is 0. The SMILES string of the molecule is N#Cc1c(N)nc(SCc2cccc(C(N)=O)c2)c(C#N)c1-c1ccccc1. The van der Waals surface area contributed by atoms with E-state index in [2.05, 4.69) is 17.1 Å². The molecule has 7 heteroatoms. The first-order chi connectivity index (χ1) is 13.5. The summed E-state index contributed by atoms with van der Waals surface area (Å²) >= 11 is 1.31. The summed E-state index contributed by atoms with van der Waals surface area (Å²) in [7, 11) is 0. The Morgan fingerprint density at radius 2 is 1.75 bits per heavy atom. The highest BCUT2D eigenvalue weighted by molar-refractivity contribution is 7.98. The zero-order valence-electron chi connectivity index (χ0n) is 14.7. The maximum Gasteiger partial charge on any atom is 0.248 e. The van der Waals surface area contributed by atoms with Gasteiger partial charge in [-0.1, -0.05) is 42.5 Å². The zero-order valence-corrected chi connectivity index (χ0v) is 15.5. The number of rotatable bonds is 5. The molecule has 136 valence electrons.